The van der Waals surface area contributed by atoms with Crippen LogP contribution in [0, 0.1) is 18.8 Å². The average molecular weight is 455 g/mol. The molecule has 9 heteroatoms. The van der Waals surface area contributed by atoms with Crippen LogP contribution in [0.15, 0.2) is 42.5 Å². The molecule has 2 aromatic carbocycles. The quantitative estimate of drug-likeness (QED) is 0.669. The van der Waals surface area contributed by atoms with Gasteiger partial charge in [0.2, 0.25) is 17.7 Å². The van der Waals surface area contributed by atoms with E-state index in [1.807, 2.05) is 24.0 Å². The monoisotopic (exact) mass is 455 g/mol. The topological polar surface area (TPSA) is 69.7 Å². The van der Waals surface area contributed by atoms with E-state index in [1.165, 1.54) is 12.1 Å². The normalized spacial score (nSPS) is 30.7. The third-order valence-corrected chi connectivity index (χ3v) is 7.58. The number of hydrogen-bond donors (Lipinski definition) is 1. The minimum atomic E-state index is -4.61. The third-order valence-electron chi connectivity index (χ3n) is 7.58. The van der Waals surface area contributed by atoms with E-state index in [4.69, 9.17) is 0 Å². The Balaban J connectivity index is 1.53. The van der Waals surface area contributed by atoms with E-state index in [2.05, 4.69) is 5.32 Å². The molecule has 4 heterocycles. The number of hydrogen-bond acceptors (Lipinski definition) is 4. The highest BCUT2D eigenvalue weighted by molar-refractivity contribution is 6.25. The number of nitrogens with one attached hydrogen (secondary N) is 1. The van der Waals surface area contributed by atoms with Crippen LogP contribution in [0.3, 0.4) is 0 Å². The maximum atomic E-state index is 13.8. The van der Waals surface area contributed by atoms with Gasteiger partial charge < -0.3 is 5.32 Å². The molecule has 0 radical (unpaired) electrons. The first-order chi connectivity index (χ1) is 15.7. The summed E-state index contributed by atoms with van der Waals surface area (Å²) in [5, 5.41) is 2.89. The summed E-state index contributed by atoms with van der Waals surface area (Å²) in [6.45, 7) is 2.46. The lowest BCUT2D eigenvalue weighted by Crippen LogP contribution is -2.54. The summed E-state index contributed by atoms with van der Waals surface area (Å²) >= 11 is 0. The number of amides is 3. The average Bonchev–Trinajstić information content (AvgIpc) is 3.46. The van der Waals surface area contributed by atoms with Crippen molar-refractivity contribution < 1.29 is 27.6 Å². The van der Waals surface area contributed by atoms with Crippen LogP contribution in [-0.4, -0.2) is 35.2 Å². The molecule has 3 fully saturated rings. The molecule has 0 unspecified atom stereocenters. The van der Waals surface area contributed by atoms with Crippen LogP contribution in [-0.2, 0) is 26.1 Å². The number of carbonyl (C=O) groups is 3. The first kappa shape index (κ1) is 20.4. The lowest BCUT2D eigenvalue weighted by atomic mass is 9.75. The smallest absolute Gasteiger partial charge is 0.324 e. The molecule has 1 spiro atoms. The Bertz CT molecular complexity index is 1240. The summed E-state index contributed by atoms with van der Waals surface area (Å²) in [6, 6.07) is 9.45. The number of anilines is 2. The summed E-state index contributed by atoms with van der Waals surface area (Å²) in [5.41, 5.74) is -0.203. The van der Waals surface area contributed by atoms with Crippen molar-refractivity contribution in [1.29, 1.82) is 0 Å². The molecule has 3 amide bonds. The van der Waals surface area contributed by atoms with Gasteiger partial charge in [0.15, 0.2) is 0 Å². The highest BCUT2D eigenvalue weighted by Crippen LogP contribution is 2.60. The second kappa shape index (κ2) is 6.44. The van der Waals surface area contributed by atoms with Crippen LogP contribution >= 0.6 is 0 Å². The first-order valence-corrected chi connectivity index (χ1v) is 10.9. The van der Waals surface area contributed by atoms with Gasteiger partial charge in [-0.25, -0.2) is 4.90 Å². The van der Waals surface area contributed by atoms with E-state index >= 15 is 0 Å². The van der Waals surface area contributed by atoms with Crippen molar-refractivity contribution in [1.82, 2.24) is 4.90 Å². The maximum Gasteiger partial charge on any atom is 0.416 e. The minimum absolute atomic E-state index is 0.114. The lowest BCUT2D eigenvalue weighted by molar-refractivity contribution is -0.137. The number of fused-ring (bicyclic) bond motifs is 7. The number of halogens is 3. The van der Waals surface area contributed by atoms with Gasteiger partial charge in [-0.05, 0) is 50.6 Å². The fraction of sp³-hybridized carbons (Fsp3) is 0.375. The number of imide groups is 1. The van der Waals surface area contributed by atoms with E-state index in [9.17, 15) is 27.6 Å². The standard InChI is InChI=1S/C24H20F3N3O3/c1-12-7-8-16-15(10-12)23(22(33)28-16)19-18(17-6-3-9-29(17)23)20(31)30(21(19)32)14-5-2-4-13(11-14)24(25,26)27/h2,4-5,7-8,10-11,17-19H,3,6,9H2,1H3,(H,28,33)/t17-,18-,19+,23-/m1/s1. The minimum Gasteiger partial charge on any atom is -0.324 e. The molecule has 0 bridgehead atoms. The number of benzene rings is 2. The van der Waals surface area contributed by atoms with Crippen molar-refractivity contribution >= 4 is 29.1 Å². The molecule has 3 saturated heterocycles. The van der Waals surface area contributed by atoms with Crippen LogP contribution in [0.2, 0.25) is 0 Å². The Kier molecular flexibility index (Phi) is 3.98. The Hall–Kier alpha value is -3.20. The number of aryl methyl sites for hydroxylation is 1. The molecular weight excluding hydrogens is 435 g/mol. The summed E-state index contributed by atoms with van der Waals surface area (Å²) in [4.78, 5) is 43.8. The van der Waals surface area contributed by atoms with E-state index < -0.39 is 40.9 Å². The van der Waals surface area contributed by atoms with Crippen molar-refractivity contribution in [3.63, 3.8) is 0 Å². The highest BCUT2D eigenvalue weighted by Gasteiger charge is 2.74. The van der Waals surface area contributed by atoms with Crippen molar-refractivity contribution in [2.45, 2.75) is 37.5 Å². The van der Waals surface area contributed by atoms with Gasteiger partial charge >= 0.3 is 6.18 Å². The van der Waals surface area contributed by atoms with Crippen molar-refractivity contribution in [3.8, 4) is 0 Å². The lowest BCUT2D eigenvalue weighted by Gasteiger charge is -2.36. The second-order valence-electron chi connectivity index (χ2n) is 9.24. The predicted octanol–water partition coefficient (Wildman–Crippen LogP) is 3.45. The number of rotatable bonds is 1. The summed E-state index contributed by atoms with van der Waals surface area (Å²) in [5.74, 6) is -3.29. The summed E-state index contributed by atoms with van der Waals surface area (Å²) < 4.78 is 39.9. The van der Waals surface area contributed by atoms with Gasteiger partial charge in [0.05, 0.1) is 23.1 Å². The third kappa shape index (κ3) is 2.45. The van der Waals surface area contributed by atoms with Crippen LogP contribution in [0.5, 0.6) is 0 Å². The molecular formula is C24H20F3N3O3. The largest absolute Gasteiger partial charge is 0.416 e. The van der Waals surface area contributed by atoms with Crippen molar-refractivity contribution in [3.05, 3.63) is 59.2 Å². The maximum absolute atomic E-state index is 13.8. The molecule has 4 aliphatic rings. The van der Waals surface area contributed by atoms with Gasteiger partial charge in [0.25, 0.3) is 0 Å². The summed E-state index contributed by atoms with van der Waals surface area (Å²) in [7, 11) is 0. The number of carbonyl (C=O) groups excluding carboxylic acids is 3. The molecule has 0 aromatic heterocycles. The first-order valence-electron chi connectivity index (χ1n) is 10.9. The van der Waals surface area contributed by atoms with Crippen molar-refractivity contribution in [2.24, 2.45) is 11.8 Å². The van der Waals surface area contributed by atoms with Gasteiger partial charge in [-0.2, -0.15) is 13.2 Å². The highest BCUT2D eigenvalue weighted by atomic mass is 19.4. The molecule has 4 aliphatic heterocycles. The number of nitrogens with zero attached hydrogens (tertiary/aromatic N) is 2. The van der Waals surface area contributed by atoms with E-state index in [0.717, 1.165) is 29.0 Å². The Labute approximate surface area is 187 Å². The molecule has 33 heavy (non-hydrogen) atoms. The van der Waals surface area contributed by atoms with Gasteiger partial charge in [0, 0.05) is 17.3 Å². The van der Waals surface area contributed by atoms with Crippen molar-refractivity contribution in [2.75, 3.05) is 16.8 Å². The molecule has 4 atom stereocenters. The van der Waals surface area contributed by atoms with E-state index in [0.29, 0.717) is 24.2 Å². The fourth-order valence-electron chi connectivity index (χ4n) is 6.39. The molecule has 0 aliphatic carbocycles. The molecule has 2 aromatic rings. The SMILES string of the molecule is Cc1ccc2c(c1)[C@]1(C(=O)N2)[C@@H]2C(=O)N(c3cccc(C(F)(F)F)c3)C(=O)[C@@H]2[C@H]2CCCN21. The zero-order valence-corrected chi connectivity index (χ0v) is 17.6. The van der Waals surface area contributed by atoms with Gasteiger partial charge in [-0.15, -0.1) is 0 Å². The van der Waals surface area contributed by atoms with Gasteiger partial charge in [-0.3, -0.25) is 19.3 Å². The molecule has 1 N–H and O–H groups in total. The molecule has 6 nitrogen and oxygen atoms in total. The van der Waals surface area contributed by atoms with Crippen LogP contribution in [0.1, 0.15) is 29.5 Å². The number of alkyl halides is 3. The van der Waals surface area contributed by atoms with Gasteiger partial charge in [0.1, 0.15) is 5.54 Å². The predicted molar refractivity (Wildman–Crippen MR) is 112 cm³/mol. The van der Waals surface area contributed by atoms with E-state index in [1.54, 1.807) is 6.07 Å². The zero-order chi connectivity index (χ0) is 23.3. The van der Waals surface area contributed by atoms with Gasteiger partial charge in [-0.1, -0.05) is 23.8 Å². The summed E-state index contributed by atoms with van der Waals surface area (Å²) in [6.07, 6.45) is -3.19. The van der Waals surface area contributed by atoms with Crippen LogP contribution in [0.4, 0.5) is 24.5 Å². The Morgan fingerprint density at radius 3 is 2.61 bits per heavy atom. The van der Waals surface area contributed by atoms with Crippen LogP contribution in [0.25, 0.3) is 0 Å². The zero-order valence-electron chi connectivity index (χ0n) is 17.6. The molecule has 170 valence electrons. The second-order valence-corrected chi connectivity index (χ2v) is 9.24. The Morgan fingerprint density at radius 1 is 1.06 bits per heavy atom. The molecule has 0 saturated carbocycles. The fourth-order valence-corrected chi connectivity index (χ4v) is 6.39. The molecule has 6 rings (SSSR count). The Morgan fingerprint density at radius 2 is 1.85 bits per heavy atom. The van der Waals surface area contributed by atoms with Crippen LogP contribution < -0.4 is 10.2 Å². The van der Waals surface area contributed by atoms with E-state index in [-0.39, 0.29) is 17.6 Å².